The van der Waals surface area contributed by atoms with Gasteiger partial charge in [0, 0.05) is 5.39 Å². The van der Waals surface area contributed by atoms with E-state index in [0.717, 1.165) is 5.39 Å². The van der Waals surface area contributed by atoms with Crippen molar-refractivity contribution < 1.29 is 18.0 Å². The molecule has 0 aliphatic heterocycles. The van der Waals surface area contributed by atoms with E-state index in [1.54, 1.807) is 20.8 Å². The van der Waals surface area contributed by atoms with Gasteiger partial charge in [0.05, 0.1) is 13.2 Å². The maximum absolute atomic E-state index is 12.8. The first-order valence-corrected chi connectivity index (χ1v) is 7.54. The van der Waals surface area contributed by atoms with E-state index in [4.69, 9.17) is 13.5 Å². The zero-order valence-electron chi connectivity index (χ0n) is 10.8. The van der Waals surface area contributed by atoms with Crippen LogP contribution in [0, 0.1) is 6.92 Å². The lowest BCUT2D eigenvalue weighted by atomic mass is 10.2. The molecule has 0 atom stereocenters. The maximum atomic E-state index is 12.8. The fourth-order valence-corrected chi connectivity index (χ4v) is 3.92. The van der Waals surface area contributed by atoms with Crippen LogP contribution in [0.4, 0.5) is 0 Å². The van der Waals surface area contributed by atoms with Gasteiger partial charge in [-0.2, -0.15) is 0 Å². The molecule has 98 valence electrons. The lowest BCUT2D eigenvalue weighted by Gasteiger charge is -2.16. The number of rotatable bonds is 5. The van der Waals surface area contributed by atoms with Gasteiger partial charge in [0.25, 0.3) is 0 Å². The number of hydrogen-bond donors (Lipinski definition) is 0. The first-order valence-electron chi connectivity index (χ1n) is 6.00. The summed E-state index contributed by atoms with van der Waals surface area (Å²) in [4.78, 5) is 0. The summed E-state index contributed by atoms with van der Waals surface area (Å²) in [6.45, 7) is 6.03. The first-order chi connectivity index (χ1) is 8.62. The highest BCUT2D eigenvalue weighted by molar-refractivity contribution is 7.62. The molecule has 0 bridgehead atoms. The van der Waals surface area contributed by atoms with Crippen molar-refractivity contribution >= 4 is 23.9 Å². The summed E-state index contributed by atoms with van der Waals surface area (Å²) in [7, 11) is -3.30. The van der Waals surface area contributed by atoms with Gasteiger partial charge in [0.2, 0.25) is 0 Å². The van der Waals surface area contributed by atoms with Crippen molar-refractivity contribution in [3.8, 4) is 0 Å². The first kappa shape index (κ1) is 13.3. The molecule has 0 unspecified atom stereocenters. The summed E-state index contributed by atoms with van der Waals surface area (Å²) in [5, 5.41) is 1.34. The predicted molar refractivity (Wildman–Crippen MR) is 71.4 cm³/mol. The van der Waals surface area contributed by atoms with Crippen LogP contribution in [0.2, 0.25) is 0 Å². The van der Waals surface area contributed by atoms with Crippen LogP contribution in [0.25, 0.3) is 11.0 Å². The summed E-state index contributed by atoms with van der Waals surface area (Å²) < 4.78 is 29.2. The van der Waals surface area contributed by atoms with Crippen molar-refractivity contribution in [3.63, 3.8) is 0 Å². The zero-order valence-corrected chi connectivity index (χ0v) is 11.7. The molecule has 0 spiro atoms. The van der Waals surface area contributed by atoms with Crippen LogP contribution >= 0.6 is 7.60 Å². The predicted octanol–water partition coefficient (Wildman–Crippen LogP) is 3.63. The molecule has 0 aliphatic rings. The topological polar surface area (TPSA) is 48.7 Å². The number of aryl methyl sites for hydroxylation is 1. The van der Waals surface area contributed by atoms with Crippen molar-refractivity contribution in [2.75, 3.05) is 13.2 Å². The summed E-state index contributed by atoms with van der Waals surface area (Å²) in [6, 6.07) is 7.46. The van der Waals surface area contributed by atoms with Crippen LogP contribution in [0.1, 0.15) is 19.6 Å². The maximum Gasteiger partial charge on any atom is 0.365 e. The van der Waals surface area contributed by atoms with Crippen molar-refractivity contribution in [1.29, 1.82) is 0 Å². The summed E-state index contributed by atoms with van der Waals surface area (Å²) in [5.74, 6) is 0.585. The molecule has 2 aromatic rings. The molecular weight excluding hydrogens is 251 g/mol. The minimum atomic E-state index is -3.30. The van der Waals surface area contributed by atoms with Gasteiger partial charge in [-0.25, -0.2) is 0 Å². The normalized spacial score (nSPS) is 12.2. The van der Waals surface area contributed by atoms with E-state index in [-0.39, 0.29) is 0 Å². The van der Waals surface area contributed by atoms with Crippen LogP contribution in [0.15, 0.2) is 28.7 Å². The van der Waals surface area contributed by atoms with Gasteiger partial charge in [-0.1, -0.05) is 18.2 Å². The minimum absolute atomic E-state index is 0.330. The number of para-hydroxylation sites is 1. The highest BCUT2D eigenvalue weighted by atomic mass is 31.2. The van der Waals surface area contributed by atoms with Gasteiger partial charge < -0.3 is 13.5 Å². The molecule has 0 N–H and O–H groups in total. The van der Waals surface area contributed by atoms with Crippen molar-refractivity contribution in [3.05, 3.63) is 30.0 Å². The molecule has 0 saturated heterocycles. The Morgan fingerprint density at radius 3 is 2.39 bits per heavy atom. The minimum Gasteiger partial charge on any atom is -0.460 e. The van der Waals surface area contributed by atoms with E-state index < -0.39 is 7.60 Å². The Hall–Kier alpha value is -1.09. The molecule has 18 heavy (non-hydrogen) atoms. The van der Waals surface area contributed by atoms with Crippen molar-refractivity contribution in [1.82, 2.24) is 0 Å². The molecule has 2 rings (SSSR count). The summed E-state index contributed by atoms with van der Waals surface area (Å²) in [5.41, 5.74) is 0.699. The average molecular weight is 268 g/mol. The molecule has 0 aliphatic carbocycles. The Morgan fingerprint density at radius 2 is 1.78 bits per heavy atom. The van der Waals surface area contributed by atoms with Gasteiger partial charge in [-0.3, -0.25) is 4.57 Å². The lowest BCUT2D eigenvalue weighted by molar-refractivity contribution is 0.230. The Kier molecular flexibility index (Phi) is 3.91. The Labute approximate surface area is 106 Å². The number of furan rings is 1. The third-order valence-electron chi connectivity index (χ3n) is 2.61. The fraction of sp³-hybridized carbons (Fsp3) is 0.385. The number of hydrogen-bond acceptors (Lipinski definition) is 4. The Balaban J connectivity index is 2.63. The monoisotopic (exact) mass is 268 g/mol. The van der Waals surface area contributed by atoms with Crippen LogP contribution in [0.3, 0.4) is 0 Å². The van der Waals surface area contributed by atoms with Crippen LogP contribution in [0.5, 0.6) is 0 Å². The molecule has 0 saturated carbocycles. The number of fused-ring (bicyclic) bond motifs is 1. The standard InChI is InChI=1S/C13H17O4P/c1-4-15-18(14,16-5-2)13-10(3)17-12-9-7-6-8-11(12)13/h6-9H,4-5H2,1-3H3. The highest BCUT2D eigenvalue weighted by Gasteiger charge is 2.33. The highest BCUT2D eigenvalue weighted by Crippen LogP contribution is 2.50. The lowest BCUT2D eigenvalue weighted by Crippen LogP contribution is -2.12. The molecule has 5 heteroatoms. The fourth-order valence-electron chi connectivity index (χ4n) is 2.00. The van der Waals surface area contributed by atoms with Crippen LogP contribution < -0.4 is 5.30 Å². The third kappa shape index (κ3) is 2.24. The average Bonchev–Trinajstić information content (AvgIpc) is 2.66. The van der Waals surface area contributed by atoms with E-state index in [0.29, 0.717) is 29.9 Å². The second-order valence-electron chi connectivity index (χ2n) is 3.84. The Bertz CT molecular complexity index is 578. The number of benzene rings is 1. The molecule has 1 aromatic carbocycles. The molecular formula is C13H17O4P. The summed E-state index contributed by atoms with van der Waals surface area (Å²) >= 11 is 0. The van der Waals surface area contributed by atoms with Gasteiger partial charge in [-0.15, -0.1) is 0 Å². The van der Waals surface area contributed by atoms with Crippen LogP contribution in [-0.4, -0.2) is 13.2 Å². The Morgan fingerprint density at radius 1 is 1.17 bits per heavy atom. The van der Waals surface area contributed by atoms with Gasteiger partial charge in [0.15, 0.2) is 0 Å². The molecule has 0 amide bonds. The van der Waals surface area contributed by atoms with Gasteiger partial charge >= 0.3 is 7.60 Å². The second kappa shape index (κ2) is 5.27. The van der Waals surface area contributed by atoms with Gasteiger partial charge in [-0.05, 0) is 26.8 Å². The third-order valence-corrected chi connectivity index (χ3v) is 4.91. The van der Waals surface area contributed by atoms with E-state index >= 15 is 0 Å². The smallest absolute Gasteiger partial charge is 0.365 e. The van der Waals surface area contributed by atoms with Crippen molar-refractivity contribution in [2.24, 2.45) is 0 Å². The van der Waals surface area contributed by atoms with Gasteiger partial charge in [0.1, 0.15) is 16.6 Å². The van der Waals surface area contributed by atoms with E-state index in [1.165, 1.54) is 0 Å². The van der Waals surface area contributed by atoms with E-state index in [1.807, 2.05) is 24.3 Å². The molecule has 1 heterocycles. The molecule has 0 fully saturated rings. The van der Waals surface area contributed by atoms with E-state index in [9.17, 15) is 4.57 Å². The molecule has 1 aromatic heterocycles. The van der Waals surface area contributed by atoms with Crippen molar-refractivity contribution in [2.45, 2.75) is 20.8 Å². The second-order valence-corrected chi connectivity index (χ2v) is 5.79. The molecule has 0 radical (unpaired) electrons. The zero-order chi connectivity index (χ0) is 13.2. The van der Waals surface area contributed by atoms with Crippen LogP contribution in [-0.2, 0) is 13.6 Å². The summed E-state index contributed by atoms with van der Waals surface area (Å²) in [6.07, 6.45) is 0. The largest absolute Gasteiger partial charge is 0.460 e. The van der Waals surface area contributed by atoms with E-state index in [2.05, 4.69) is 0 Å². The quantitative estimate of drug-likeness (QED) is 0.777. The molecule has 4 nitrogen and oxygen atoms in total. The SMILES string of the molecule is CCOP(=O)(OCC)c1c(C)oc2ccccc12.